The minimum absolute atomic E-state index is 0.0890. The monoisotopic (exact) mass is 413 g/mol. The predicted octanol–water partition coefficient (Wildman–Crippen LogP) is 2.89. The summed E-state index contributed by atoms with van der Waals surface area (Å²) in [5, 5.41) is 0. The lowest BCUT2D eigenvalue weighted by molar-refractivity contribution is -0.155. The van der Waals surface area contributed by atoms with E-state index in [0.717, 1.165) is 39.0 Å². The third-order valence-corrected chi connectivity index (χ3v) is 7.27. The topological polar surface area (TPSA) is 43.9 Å². The molecule has 166 valence electrons. The molecule has 29 heavy (non-hydrogen) atoms. The van der Waals surface area contributed by atoms with Gasteiger partial charge in [-0.3, -0.25) is 19.4 Å². The van der Waals surface area contributed by atoms with E-state index in [9.17, 15) is 18.4 Å². The highest BCUT2D eigenvalue weighted by Crippen LogP contribution is 2.41. The predicted molar refractivity (Wildman–Crippen MR) is 109 cm³/mol. The van der Waals surface area contributed by atoms with Crippen LogP contribution in [0.5, 0.6) is 0 Å². The van der Waals surface area contributed by atoms with Crippen LogP contribution in [0.2, 0.25) is 0 Å². The quantitative estimate of drug-likeness (QED) is 0.672. The Morgan fingerprint density at radius 1 is 1.00 bits per heavy atom. The third-order valence-electron chi connectivity index (χ3n) is 7.27. The van der Waals surface area contributed by atoms with Gasteiger partial charge in [-0.25, -0.2) is 8.78 Å². The number of rotatable bonds is 6. The molecular formula is C22H37F2N3O2. The second-order valence-corrected chi connectivity index (χ2v) is 10.2. The van der Waals surface area contributed by atoms with E-state index in [4.69, 9.17) is 0 Å². The van der Waals surface area contributed by atoms with E-state index in [1.807, 2.05) is 0 Å². The van der Waals surface area contributed by atoms with Gasteiger partial charge in [0.25, 0.3) is 5.92 Å². The van der Waals surface area contributed by atoms with Crippen LogP contribution in [-0.2, 0) is 9.59 Å². The van der Waals surface area contributed by atoms with Gasteiger partial charge in [-0.15, -0.1) is 0 Å². The zero-order valence-electron chi connectivity index (χ0n) is 18.4. The summed E-state index contributed by atoms with van der Waals surface area (Å²) in [7, 11) is 0. The molecule has 5 nitrogen and oxygen atoms in total. The molecule has 0 saturated carbocycles. The van der Waals surface area contributed by atoms with Crippen molar-refractivity contribution in [3.8, 4) is 0 Å². The Kier molecular flexibility index (Phi) is 6.68. The smallest absolute Gasteiger partial charge is 0.268 e. The van der Waals surface area contributed by atoms with Crippen LogP contribution in [0, 0.1) is 17.3 Å². The maximum absolute atomic E-state index is 14.6. The van der Waals surface area contributed by atoms with Gasteiger partial charge in [0, 0.05) is 43.9 Å². The minimum Gasteiger partial charge on any atom is -0.336 e. The second kappa shape index (κ2) is 8.58. The van der Waals surface area contributed by atoms with Gasteiger partial charge in [-0.2, -0.15) is 0 Å². The molecule has 3 aliphatic rings. The highest BCUT2D eigenvalue weighted by atomic mass is 19.3. The Bertz CT molecular complexity index is 607. The maximum atomic E-state index is 14.6. The van der Waals surface area contributed by atoms with Crippen LogP contribution in [0.3, 0.4) is 0 Å². The van der Waals surface area contributed by atoms with E-state index in [1.165, 1.54) is 4.90 Å². The number of Topliss-reactive ketones (excluding diaryl/α,β-unsaturated/α-hetero) is 1. The maximum Gasteiger partial charge on any atom is 0.268 e. The summed E-state index contributed by atoms with van der Waals surface area (Å²) >= 11 is 0. The molecule has 3 aliphatic heterocycles. The molecule has 1 unspecified atom stereocenters. The molecule has 0 radical (unpaired) electrons. The normalized spacial score (nSPS) is 27.4. The van der Waals surface area contributed by atoms with Crippen molar-refractivity contribution in [2.24, 2.45) is 17.3 Å². The van der Waals surface area contributed by atoms with E-state index in [0.29, 0.717) is 18.0 Å². The number of carbonyl (C=O) groups excluding carboxylic acids is 2. The van der Waals surface area contributed by atoms with E-state index in [1.54, 1.807) is 13.8 Å². The molecule has 0 bridgehead atoms. The zero-order chi connectivity index (χ0) is 21.4. The lowest BCUT2D eigenvalue weighted by atomic mass is 9.71. The average molecular weight is 414 g/mol. The average Bonchev–Trinajstić information content (AvgIpc) is 2.61. The fraction of sp³-hybridized carbons (Fsp3) is 0.909. The highest BCUT2D eigenvalue weighted by Gasteiger charge is 2.48. The summed E-state index contributed by atoms with van der Waals surface area (Å²) in [6, 6.07) is 0.584. The number of nitrogens with zero attached hydrogens (tertiary/aromatic N) is 3. The van der Waals surface area contributed by atoms with Crippen molar-refractivity contribution in [1.82, 2.24) is 14.7 Å². The largest absolute Gasteiger partial charge is 0.336 e. The molecule has 0 aromatic rings. The molecule has 1 amide bonds. The Morgan fingerprint density at radius 3 is 2.14 bits per heavy atom. The van der Waals surface area contributed by atoms with Crippen LogP contribution in [0.1, 0.15) is 53.4 Å². The van der Waals surface area contributed by atoms with Crippen LogP contribution >= 0.6 is 0 Å². The van der Waals surface area contributed by atoms with Crippen LogP contribution < -0.4 is 0 Å². The standard InChI is InChI=1S/C22H37F2N3O2/c1-16(2)19(28)11-18-5-8-26(15-22(18,23)24)20(29)12-25-9-6-21(7-10-25)13-27(14-21)17(3)4/h16-18H,5-15H2,1-4H3. The number of ketones is 1. The van der Waals surface area contributed by atoms with Crippen molar-refractivity contribution in [3.05, 3.63) is 0 Å². The third kappa shape index (κ3) is 5.16. The van der Waals surface area contributed by atoms with E-state index < -0.39 is 18.4 Å². The number of alkyl halides is 2. The Labute approximate surface area is 173 Å². The first-order valence-electron chi connectivity index (χ1n) is 11.2. The lowest BCUT2D eigenvalue weighted by Crippen LogP contribution is -2.62. The molecule has 0 aliphatic carbocycles. The number of likely N-dealkylation sites (tertiary alicyclic amines) is 3. The van der Waals surface area contributed by atoms with Gasteiger partial charge >= 0.3 is 0 Å². The molecule has 1 atom stereocenters. The first kappa shape index (κ1) is 22.6. The van der Waals surface area contributed by atoms with Gasteiger partial charge in [0.15, 0.2) is 0 Å². The van der Waals surface area contributed by atoms with Gasteiger partial charge < -0.3 is 4.90 Å². The summed E-state index contributed by atoms with van der Waals surface area (Å²) in [4.78, 5) is 30.5. The number of hydrogen-bond acceptors (Lipinski definition) is 4. The molecular weight excluding hydrogens is 376 g/mol. The first-order chi connectivity index (χ1) is 13.5. The number of hydrogen-bond donors (Lipinski definition) is 0. The summed E-state index contributed by atoms with van der Waals surface area (Å²) in [5.41, 5.74) is 0.401. The Balaban J connectivity index is 1.45. The van der Waals surface area contributed by atoms with Crippen molar-refractivity contribution in [3.63, 3.8) is 0 Å². The summed E-state index contributed by atoms with van der Waals surface area (Å²) in [6.45, 7) is 11.9. The first-order valence-corrected chi connectivity index (χ1v) is 11.2. The minimum atomic E-state index is -2.99. The number of halogens is 2. The number of piperidine rings is 2. The molecule has 0 aromatic heterocycles. The molecule has 7 heteroatoms. The number of carbonyl (C=O) groups is 2. The Hall–Kier alpha value is -1.08. The van der Waals surface area contributed by atoms with E-state index in [-0.39, 0.29) is 37.0 Å². The molecule has 1 spiro atoms. The van der Waals surface area contributed by atoms with Crippen LogP contribution in [-0.4, -0.2) is 84.2 Å². The van der Waals surface area contributed by atoms with Crippen molar-refractivity contribution in [2.75, 3.05) is 45.8 Å². The summed E-state index contributed by atoms with van der Waals surface area (Å²) < 4.78 is 29.1. The zero-order valence-corrected chi connectivity index (χ0v) is 18.4. The molecule has 3 heterocycles. The summed E-state index contributed by atoms with van der Waals surface area (Å²) in [6.07, 6.45) is 2.28. The molecule has 0 aromatic carbocycles. The van der Waals surface area contributed by atoms with Gasteiger partial charge in [0.2, 0.25) is 5.91 Å². The SMILES string of the molecule is CC(C)C(=O)CC1CCN(C(=O)CN2CCC3(CC2)CN(C(C)C)C3)CC1(F)F. The Morgan fingerprint density at radius 2 is 1.62 bits per heavy atom. The van der Waals surface area contributed by atoms with Gasteiger partial charge in [0.05, 0.1) is 13.1 Å². The van der Waals surface area contributed by atoms with Crippen molar-refractivity contribution >= 4 is 11.7 Å². The van der Waals surface area contributed by atoms with Gasteiger partial charge in [-0.05, 0) is 51.6 Å². The van der Waals surface area contributed by atoms with Crippen molar-refractivity contribution in [2.45, 2.75) is 65.3 Å². The molecule has 3 rings (SSSR count). The highest BCUT2D eigenvalue weighted by molar-refractivity contribution is 5.81. The van der Waals surface area contributed by atoms with Crippen molar-refractivity contribution in [1.29, 1.82) is 0 Å². The van der Waals surface area contributed by atoms with Crippen LogP contribution in [0.4, 0.5) is 8.78 Å². The number of amides is 1. The molecule has 3 saturated heterocycles. The van der Waals surface area contributed by atoms with Crippen LogP contribution in [0.15, 0.2) is 0 Å². The lowest BCUT2D eigenvalue weighted by Gasteiger charge is -2.55. The molecule has 0 N–H and O–H groups in total. The van der Waals surface area contributed by atoms with Crippen LogP contribution in [0.25, 0.3) is 0 Å². The van der Waals surface area contributed by atoms with E-state index in [2.05, 4.69) is 23.6 Å². The van der Waals surface area contributed by atoms with Gasteiger partial charge in [0.1, 0.15) is 5.78 Å². The second-order valence-electron chi connectivity index (χ2n) is 10.2. The summed E-state index contributed by atoms with van der Waals surface area (Å²) in [5.74, 6) is -4.48. The fourth-order valence-corrected chi connectivity index (χ4v) is 4.90. The molecule has 3 fully saturated rings. The van der Waals surface area contributed by atoms with E-state index >= 15 is 0 Å². The fourth-order valence-electron chi connectivity index (χ4n) is 4.90. The van der Waals surface area contributed by atoms with Crippen molar-refractivity contribution < 1.29 is 18.4 Å². The van der Waals surface area contributed by atoms with Gasteiger partial charge in [-0.1, -0.05) is 13.8 Å².